The van der Waals surface area contributed by atoms with Crippen LogP contribution in [0.5, 0.6) is 0 Å². The van der Waals surface area contributed by atoms with Crippen LogP contribution in [0.3, 0.4) is 0 Å². The van der Waals surface area contributed by atoms with Crippen LogP contribution in [-0.4, -0.2) is 0 Å². The zero-order chi connectivity index (χ0) is 10.3. The van der Waals surface area contributed by atoms with E-state index in [9.17, 15) is 8.28 Å². The lowest BCUT2D eigenvalue weighted by Gasteiger charge is -1.94. The summed E-state index contributed by atoms with van der Waals surface area (Å²) in [4.78, 5) is 0.193. The van der Waals surface area contributed by atoms with E-state index in [-0.39, 0.29) is 17.0 Å². The first kappa shape index (κ1) is 12.0. The molecule has 0 aliphatic carbocycles. The van der Waals surface area contributed by atoms with Crippen molar-refractivity contribution in [3.63, 3.8) is 0 Å². The lowest BCUT2D eigenvalue weighted by atomic mass is 10.2. The molecule has 0 bridgehead atoms. The summed E-state index contributed by atoms with van der Waals surface area (Å²) >= 11 is -0.0231. The van der Waals surface area contributed by atoms with Crippen molar-refractivity contribution in [1.82, 2.24) is 0 Å². The van der Waals surface area contributed by atoms with Gasteiger partial charge in [-0.2, -0.15) is 3.89 Å². The Morgan fingerprint density at radius 1 is 1.31 bits per heavy atom. The molecule has 0 nitrogen and oxygen atoms in total. The minimum absolute atomic E-state index is 0.0231. The molecule has 1 aromatic carbocycles. The predicted octanol–water partition coefficient (Wildman–Crippen LogP) is 3.81. The first-order valence-corrected chi connectivity index (χ1v) is 4.53. The van der Waals surface area contributed by atoms with Gasteiger partial charge in [0.2, 0.25) is 0 Å². The summed E-state index contributed by atoms with van der Waals surface area (Å²) in [5.74, 6) is 1.71. The Morgan fingerprint density at radius 2 is 1.92 bits per heavy atom. The molecule has 0 aromatic heterocycles. The van der Waals surface area contributed by atoms with E-state index in [0.717, 1.165) is 6.07 Å². The number of terminal acetylenes is 1. The zero-order valence-corrected chi connectivity index (χ0v) is 8.29. The summed E-state index contributed by atoms with van der Waals surface area (Å²) in [7, 11) is 0. The van der Waals surface area contributed by atoms with E-state index in [0.29, 0.717) is 5.56 Å². The van der Waals surface area contributed by atoms with Gasteiger partial charge in [-0.3, -0.25) is 0 Å². The van der Waals surface area contributed by atoms with E-state index < -0.39 is 5.82 Å². The van der Waals surface area contributed by atoms with Gasteiger partial charge in [-0.25, -0.2) is 4.39 Å². The third-order valence-electron chi connectivity index (χ3n) is 1.13. The largest absolute Gasteiger partial charge is 0.207 e. The Kier molecular flexibility index (Phi) is 5.99. The van der Waals surface area contributed by atoms with Crippen molar-refractivity contribution < 1.29 is 8.28 Å². The summed E-state index contributed by atoms with van der Waals surface area (Å²) in [5, 5.41) is 0. The maximum atomic E-state index is 12.5. The zero-order valence-electron chi connectivity index (χ0n) is 7.47. The average molecular weight is 200 g/mol. The molecule has 0 aliphatic heterocycles. The Bertz CT molecular complexity index is 302. The SMILES string of the molecule is C#Cc1cc(F)cc(SF)c1.CC. The van der Waals surface area contributed by atoms with Crippen molar-refractivity contribution in [2.24, 2.45) is 0 Å². The molecule has 0 saturated heterocycles. The van der Waals surface area contributed by atoms with Crippen LogP contribution in [0, 0.1) is 18.2 Å². The average Bonchev–Trinajstić information content (AvgIpc) is 2.20. The molecule has 13 heavy (non-hydrogen) atoms. The molecule has 0 aliphatic rings. The van der Waals surface area contributed by atoms with E-state index in [2.05, 4.69) is 5.92 Å². The highest BCUT2D eigenvalue weighted by atomic mass is 32.2. The molecular formula is C10H10F2S. The Morgan fingerprint density at radius 3 is 2.38 bits per heavy atom. The lowest BCUT2D eigenvalue weighted by Crippen LogP contribution is -1.79. The standard InChI is InChI=1S/C8H4F2S.C2H6/c1-2-6-3-7(9)5-8(4-6)11-10;1-2/h1,3-5H;1-2H3. The quantitative estimate of drug-likeness (QED) is 0.621. The molecular weight excluding hydrogens is 190 g/mol. The van der Waals surface area contributed by atoms with E-state index in [4.69, 9.17) is 6.42 Å². The fraction of sp³-hybridized carbons (Fsp3) is 0.200. The number of hydrogen-bond donors (Lipinski definition) is 0. The second-order valence-electron chi connectivity index (χ2n) is 1.90. The maximum absolute atomic E-state index is 12.5. The molecule has 3 heteroatoms. The molecule has 0 unspecified atom stereocenters. The van der Waals surface area contributed by atoms with Crippen LogP contribution in [0.25, 0.3) is 0 Å². The Balaban J connectivity index is 0.000000671. The van der Waals surface area contributed by atoms with E-state index in [1.165, 1.54) is 12.1 Å². The van der Waals surface area contributed by atoms with Gasteiger partial charge in [-0.15, -0.1) is 6.42 Å². The van der Waals surface area contributed by atoms with Crippen LogP contribution >= 0.6 is 12.1 Å². The first-order valence-electron chi connectivity index (χ1n) is 3.82. The minimum atomic E-state index is -0.513. The van der Waals surface area contributed by atoms with Gasteiger partial charge in [0.25, 0.3) is 0 Å². The van der Waals surface area contributed by atoms with Crippen LogP contribution in [0.15, 0.2) is 23.1 Å². The first-order chi connectivity index (χ1) is 6.26. The summed E-state index contributed by atoms with van der Waals surface area (Å²) in [5.41, 5.74) is 0.352. The van der Waals surface area contributed by atoms with E-state index in [1.54, 1.807) is 0 Å². The third kappa shape index (κ3) is 3.95. The monoisotopic (exact) mass is 200 g/mol. The molecule has 0 spiro atoms. The molecule has 70 valence electrons. The summed E-state index contributed by atoms with van der Waals surface area (Å²) in [6, 6.07) is 3.68. The van der Waals surface area contributed by atoms with E-state index >= 15 is 0 Å². The molecule has 1 aromatic rings. The predicted molar refractivity (Wildman–Crippen MR) is 52.6 cm³/mol. The highest BCUT2D eigenvalue weighted by Crippen LogP contribution is 2.20. The molecule has 0 N–H and O–H groups in total. The van der Waals surface area contributed by atoms with Crippen LogP contribution in [0.2, 0.25) is 0 Å². The smallest absolute Gasteiger partial charge is 0.125 e. The highest BCUT2D eigenvalue weighted by Gasteiger charge is 1.98. The number of rotatable bonds is 1. The molecule has 0 saturated carbocycles. The highest BCUT2D eigenvalue weighted by molar-refractivity contribution is 7.94. The van der Waals surface area contributed by atoms with Crippen molar-refractivity contribution in [1.29, 1.82) is 0 Å². The van der Waals surface area contributed by atoms with Crippen molar-refractivity contribution in [2.45, 2.75) is 18.7 Å². The second-order valence-corrected chi connectivity index (χ2v) is 2.52. The molecule has 0 radical (unpaired) electrons. The van der Waals surface area contributed by atoms with Gasteiger partial charge in [-0.1, -0.05) is 19.8 Å². The minimum Gasteiger partial charge on any atom is -0.207 e. The number of benzene rings is 1. The van der Waals surface area contributed by atoms with Crippen LogP contribution in [0.1, 0.15) is 19.4 Å². The van der Waals surface area contributed by atoms with Gasteiger partial charge in [0.15, 0.2) is 0 Å². The second kappa shape index (κ2) is 6.50. The van der Waals surface area contributed by atoms with Gasteiger partial charge in [0.1, 0.15) is 5.82 Å². The van der Waals surface area contributed by atoms with Crippen LogP contribution < -0.4 is 0 Å². The Hall–Kier alpha value is -1.01. The third-order valence-corrected chi connectivity index (χ3v) is 1.54. The van der Waals surface area contributed by atoms with Crippen molar-refractivity contribution in [3.8, 4) is 12.3 Å². The van der Waals surface area contributed by atoms with Crippen molar-refractivity contribution in [2.75, 3.05) is 0 Å². The number of halogens is 2. The van der Waals surface area contributed by atoms with Gasteiger partial charge >= 0.3 is 0 Å². The molecule has 0 amide bonds. The topological polar surface area (TPSA) is 0 Å². The number of hydrogen-bond acceptors (Lipinski definition) is 1. The molecule has 1 rings (SSSR count). The van der Waals surface area contributed by atoms with Crippen LogP contribution in [-0.2, 0) is 0 Å². The normalized spacial score (nSPS) is 8.23. The van der Waals surface area contributed by atoms with Gasteiger partial charge < -0.3 is 0 Å². The van der Waals surface area contributed by atoms with Crippen molar-refractivity contribution in [3.05, 3.63) is 29.6 Å². The van der Waals surface area contributed by atoms with Crippen LogP contribution in [0.4, 0.5) is 8.28 Å². The molecule has 0 heterocycles. The molecule has 0 atom stereocenters. The Labute approximate surface area is 81.6 Å². The van der Waals surface area contributed by atoms with E-state index in [1.807, 2.05) is 13.8 Å². The molecule has 0 fully saturated rings. The lowest BCUT2D eigenvalue weighted by molar-refractivity contribution is 0.623. The fourth-order valence-corrected chi connectivity index (χ4v) is 1.02. The summed E-state index contributed by atoms with van der Waals surface area (Å²) < 4.78 is 24.4. The van der Waals surface area contributed by atoms with Crippen molar-refractivity contribution >= 4 is 12.1 Å². The van der Waals surface area contributed by atoms with Gasteiger partial charge in [0.05, 0.1) is 12.1 Å². The van der Waals surface area contributed by atoms with Gasteiger partial charge in [-0.05, 0) is 18.2 Å². The van der Waals surface area contributed by atoms with Gasteiger partial charge in [0, 0.05) is 10.5 Å². The maximum Gasteiger partial charge on any atom is 0.125 e. The summed E-state index contributed by atoms with van der Waals surface area (Å²) in [6.45, 7) is 4.00. The fourth-order valence-electron chi connectivity index (χ4n) is 0.691. The summed E-state index contributed by atoms with van der Waals surface area (Å²) in [6.07, 6.45) is 4.99.